The molecule has 0 spiro atoms. The van der Waals surface area contributed by atoms with E-state index in [-0.39, 0.29) is 10.6 Å². The normalized spacial score (nSPS) is 10.5. The lowest BCUT2D eigenvalue weighted by Gasteiger charge is -2.22. The fourth-order valence-electron chi connectivity index (χ4n) is 2.39. The van der Waals surface area contributed by atoms with Crippen LogP contribution in [0.3, 0.4) is 0 Å². The lowest BCUT2D eigenvalue weighted by Crippen LogP contribution is -2.13. The molecule has 0 atom stereocenters. The van der Waals surface area contributed by atoms with Crippen molar-refractivity contribution in [2.24, 2.45) is 0 Å². The Kier molecular flexibility index (Phi) is 4.63. The Morgan fingerprint density at radius 3 is 2.38 bits per heavy atom. The maximum atomic E-state index is 11.3. The largest absolute Gasteiger partial charge is 0.339 e. The van der Waals surface area contributed by atoms with Gasteiger partial charge in [0.15, 0.2) is 0 Å². The Labute approximate surface area is 132 Å². The van der Waals surface area contributed by atoms with Crippen LogP contribution in [0.2, 0.25) is 0 Å². The number of hydrogen-bond donors (Lipinski definition) is 0. The molecule has 21 heavy (non-hydrogen) atoms. The van der Waals surface area contributed by atoms with E-state index in [1.165, 1.54) is 5.56 Å². The summed E-state index contributed by atoms with van der Waals surface area (Å²) in [6.07, 6.45) is 0. The van der Waals surface area contributed by atoms with Gasteiger partial charge in [-0.1, -0.05) is 39.7 Å². The number of halogens is 1. The van der Waals surface area contributed by atoms with Gasteiger partial charge in [-0.3, -0.25) is 10.1 Å². The highest BCUT2D eigenvalue weighted by molar-refractivity contribution is 9.08. The van der Waals surface area contributed by atoms with Crippen LogP contribution in [0, 0.1) is 24.0 Å². The first-order valence-corrected chi connectivity index (χ1v) is 7.70. The minimum Gasteiger partial charge on any atom is -0.339 e. The zero-order valence-electron chi connectivity index (χ0n) is 12.3. The summed E-state index contributed by atoms with van der Waals surface area (Å²) in [5, 5.41) is 11.9. The maximum Gasteiger partial charge on any atom is 0.293 e. The number of nitro groups is 1. The molecular weight excluding hydrogens is 332 g/mol. The van der Waals surface area contributed by atoms with Gasteiger partial charge in [0, 0.05) is 24.1 Å². The fourth-order valence-corrected chi connectivity index (χ4v) is 2.74. The molecule has 0 aliphatic carbocycles. The van der Waals surface area contributed by atoms with Gasteiger partial charge in [-0.05, 0) is 37.1 Å². The molecule has 110 valence electrons. The molecule has 4 nitrogen and oxygen atoms in total. The minimum absolute atomic E-state index is 0.120. The summed E-state index contributed by atoms with van der Waals surface area (Å²) in [6, 6.07) is 11.4. The van der Waals surface area contributed by atoms with Crippen molar-refractivity contribution in [3.63, 3.8) is 0 Å². The van der Waals surface area contributed by atoms with E-state index in [4.69, 9.17) is 0 Å². The van der Waals surface area contributed by atoms with Gasteiger partial charge in [-0.2, -0.15) is 0 Å². The third-order valence-electron chi connectivity index (χ3n) is 3.47. The van der Waals surface area contributed by atoms with Crippen molar-refractivity contribution in [2.75, 3.05) is 11.9 Å². The highest BCUT2D eigenvalue weighted by Crippen LogP contribution is 2.35. The van der Waals surface area contributed by atoms with E-state index in [0.717, 1.165) is 16.8 Å². The van der Waals surface area contributed by atoms with Gasteiger partial charge in [0.1, 0.15) is 5.69 Å². The van der Waals surface area contributed by atoms with Crippen molar-refractivity contribution in [3.05, 3.63) is 63.2 Å². The van der Waals surface area contributed by atoms with Gasteiger partial charge < -0.3 is 4.90 Å². The average Bonchev–Trinajstić information content (AvgIpc) is 2.46. The molecule has 0 fully saturated rings. The third kappa shape index (κ3) is 3.24. The number of hydrogen-bond acceptors (Lipinski definition) is 3. The van der Waals surface area contributed by atoms with E-state index < -0.39 is 0 Å². The number of benzene rings is 2. The molecular formula is C16H17BrN2O2. The fraction of sp³-hybridized carbons (Fsp3) is 0.250. The van der Waals surface area contributed by atoms with Crippen LogP contribution in [0.5, 0.6) is 0 Å². The van der Waals surface area contributed by atoms with Crippen LogP contribution in [-0.4, -0.2) is 12.0 Å². The van der Waals surface area contributed by atoms with Gasteiger partial charge >= 0.3 is 0 Å². The Hall–Kier alpha value is -1.88. The number of aryl methyl sites for hydroxylation is 2. The van der Waals surface area contributed by atoms with Crippen molar-refractivity contribution in [3.8, 4) is 0 Å². The van der Waals surface area contributed by atoms with E-state index in [1.807, 2.05) is 44.0 Å². The summed E-state index contributed by atoms with van der Waals surface area (Å²) in [4.78, 5) is 12.9. The lowest BCUT2D eigenvalue weighted by atomic mass is 10.1. The van der Waals surface area contributed by atoms with Gasteiger partial charge in [-0.15, -0.1) is 0 Å². The van der Waals surface area contributed by atoms with Crippen molar-refractivity contribution in [1.29, 1.82) is 0 Å². The first-order valence-electron chi connectivity index (χ1n) is 6.58. The van der Waals surface area contributed by atoms with E-state index in [1.54, 1.807) is 12.1 Å². The lowest BCUT2D eigenvalue weighted by molar-refractivity contribution is -0.384. The molecule has 2 rings (SSSR count). The summed E-state index contributed by atoms with van der Waals surface area (Å²) < 4.78 is 0. The predicted molar refractivity (Wildman–Crippen MR) is 89.7 cm³/mol. The smallest absolute Gasteiger partial charge is 0.293 e. The summed E-state index contributed by atoms with van der Waals surface area (Å²) in [5.41, 5.74) is 4.84. The average molecular weight is 349 g/mol. The highest BCUT2D eigenvalue weighted by Gasteiger charge is 2.19. The topological polar surface area (TPSA) is 46.4 Å². The molecule has 0 saturated carbocycles. The molecule has 0 aliphatic heterocycles. The molecule has 2 aromatic rings. The molecule has 2 aromatic carbocycles. The van der Waals surface area contributed by atoms with Gasteiger partial charge in [0.2, 0.25) is 0 Å². The molecule has 0 unspecified atom stereocenters. The maximum absolute atomic E-state index is 11.3. The molecule has 0 bridgehead atoms. The highest BCUT2D eigenvalue weighted by atomic mass is 79.9. The van der Waals surface area contributed by atoms with Crippen LogP contribution in [0.25, 0.3) is 0 Å². The standard InChI is InChI=1S/C16H17BrN2O2/c1-11-4-6-14(12(2)8-11)18(3)15-7-5-13(10-17)9-16(15)19(20)21/h4-9H,10H2,1-3H3. The summed E-state index contributed by atoms with van der Waals surface area (Å²) >= 11 is 3.33. The quantitative estimate of drug-likeness (QED) is 0.449. The molecule has 0 aliphatic rings. The zero-order valence-corrected chi connectivity index (χ0v) is 13.8. The zero-order chi connectivity index (χ0) is 15.6. The first kappa shape index (κ1) is 15.5. The number of anilines is 2. The Morgan fingerprint density at radius 1 is 1.14 bits per heavy atom. The summed E-state index contributed by atoms with van der Waals surface area (Å²) in [5.74, 6) is 0. The second-order valence-corrected chi connectivity index (χ2v) is 5.62. The first-order chi connectivity index (χ1) is 9.93. The van der Waals surface area contributed by atoms with E-state index in [0.29, 0.717) is 11.0 Å². The minimum atomic E-state index is -0.332. The van der Waals surface area contributed by atoms with Crippen LogP contribution in [0.15, 0.2) is 36.4 Å². The van der Waals surface area contributed by atoms with Crippen molar-refractivity contribution >= 4 is 33.0 Å². The second-order valence-electron chi connectivity index (χ2n) is 5.06. The SMILES string of the molecule is Cc1ccc(N(C)c2ccc(CBr)cc2[N+](=O)[O-])c(C)c1. The molecule has 0 amide bonds. The number of nitro benzene ring substituents is 1. The van der Waals surface area contributed by atoms with E-state index >= 15 is 0 Å². The summed E-state index contributed by atoms with van der Waals surface area (Å²) in [7, 11) is 1.85. The molecule has 0 saturated heterocycles. The molecule has 0 heterocycles. The van der Waals surface area contributed by atoms with Crippen molar-refractivity contribution in [2.45, 2.75) is 19.2 Å². The third-order valence-corrected chi connectivity index (χ3v) is 4.11. The monoisotopic (exact) mass is 348 g/mol. The van der Waals surface area contributed by atoms with Crippen LogP contribution < -0.4 is 4.90 Å². The van der Waals surface area contributed by atoms with Crippen LogP contribution in [-0.2, 0) is 5.33 Å². The Bertz CT molecular complexity index is 686. The van der Waals surface area contributed by atoms with Gasteiger partial charge in [0.05, 0.1) is 4.92 Å². The Morgan fingerprint density at radius 2 is 1.81 bits per heavy atom. The van der Waals surface area contributed by atoms with E-state index in [9.17, 15) is 10.1 Å². The van der Waals surface area contributed by atoms with Crippen LogP contribution >= 0.6 is 15.9 Å². The van der Waals surface area contributed by atoms with Crippen molar-refractivity contribution in [1.82, 2.24) is 0 Å². The molecule has 0 aromatic heterocycles. The number of rotatable bonds is 4. The molecule has 0 N–H and O–H groups in total. The predicted octanol–water partition coefficient (Wildman–Crippen LogP) is 4.87. The van der Waals surface area contributed by atoms with Crippen LogP contribution in [0.4, 0.5) is 17.1 Å². The van der Waals surface area contributed by atoms with Crippen LogP contribution in [0.1, 0.15) is 16.7 Å². The van der Waals surface area contributed by atoms with Crippen molar-refractivity contribution < 1.29 is 4.92 Å². The number of alkyl halides is 1. The van der Waals surface area contributed by atoms with Gasteiger partial charge in [-0.25, -0.2) is 0 Å². The summed E-state index contributed by atoms with van der Waals surface area (Å²) in [6.45, 7) is 4.04. The molecule has 0 radical (unpaired) electrons. The second kappa shape index (κ2) is 6.26. The molecule has 5 heteroatoms. The Balaban J connectivity index is 2.52. The van der Waals surface area contributed by atoms with Gasteiger partial charge in [0.25, 0.3) is 5.69 Å². The number of nitrogens with zero attached hydrogens (tertiary/aromatic N) is 2. The van der Waals surface area contributed by atoms with E-state index in [2.05, 4.69) is 22.0 Å².